The number of aromatic nitrogens is 2. The summed E-state index contributed by atoms with van der Waals surface area (Å²) < 4.78 is 0. The fourth-order valence-corrected chi connectivity index (χ4v) is 3.06. The lowest BCUT2D eigenvalue weighted by Gasteiger charge is -2.36. The van der Waals surface area contributed by atoms with Crippen molar-refractivity contribution in [1.82, 2.24) is 15.3 Å². The summed E-state index contributed by atoms with van der Waals surface area (Å²) in [7, 11) is 1.67. The van der Waals surface area contributed by atoms with Crippen molar-refractivity contribution in [2.45, 2.75) is 45.1 Å². The van der Waals surface area contributed by atoms with Gasteiger partial charge in [-0.25, -0.2) is 9.97 Å². The zero-order valence-electron chi connectivity index (χ0n) is 12.2. The number of nitrogens with one attached hydrogen (secondary N) is 1. The number of carbonyl (C=O) groups excluding carboxylic acids is 1. The van der Waals surface area contributed by atoms with E-state index in [2.05, 4.69) is 34.0 Å². The molecule has 1 aliphatic heterocycles. The van der Waals surface area contributed by atoms with Crippen molar-refractivity contribution in [2.75, 3.05) is 18.5 Å². The standard InChI is InChI=1S/C14H21ClN4O/c1-9(2)11-12(15)17-8-18-13(11)19-7-5-4-6-10(19)14(20)16-3/h8-10H,4-7H2,1-3H3,(H,16,20). The van der Waals surface area contributed by atoms with Gasteiger partial charge in [-0.2, -0.15) is 0 Å². The fraction of sp³-hybridized carbons (Fsp3) is 0.643. The third-order valence-corrected chi connectivity index (χ3v) is 4.02. The molecular formula is C14H21ClN4O. The van der Waals surface area contributed by atoms with E-state index in [-0.39, 0.29) is 17.9 Å². The summed E-state index contributed by atoms with van der Waals surface area (Å²) in [6.07, 6.45) is 4.44. The molecule has 1 aromatic rings. The second-order valence-corrected chi connectivity index (χ2v) is 5.73. The molecule has 1 N–H and O–H groups in total. The number of likely N-dealkylation sites (N-methyl/N-ethyl adjacent to an activating group) is 1. The van der Waals surface area contributed by atoms with Crippen molar-refractivity contribution in [2.24, 2.45) is 0 Å². The van der Waals surface area contributed by atoms with E-state index in [9.17, 15) is 4.79 Å². The lowest BCUT2D eigenvalue weighted by molar-refractivity contribution is -0.122. The van der Waals surface area contributed by atoms with Crippen molar-refractivity contribution < 1.29 is 4.79 Å². The molecule has 0 bridgehead atoms. The van der Waals surface area contributed by atoms with Gasteiger partial charge in [0.1, 0.15) is 23.3 Å². The van der Waals surface area contributed by atoms with Crippen LogP contribution in [0.5, 0.6) is 0 Å². The van der Waals surface area contributed by atoms with Crippen molar-refractivity contribution in [1.29, 1.82) is 0 Å². The van der Waals surface area contributed by atoms with Crippen molar-refractivity contribution in [3.63, 3.8) is 0 Å². The Labute approximate surface area is 124 Å². The van der Waals surface area contributed by atoms with E-state index in [0.29, 0.717) is 5.15 Å². The summed E-state index contributed by atoms with van der Waals surface area (Å²) in [5.41, 5.74) is 0.921. The Kier molecular flexibility index (Phi) is 4.81. The normalized spacial score (nSPS) is 19.2. The third-order valence-electron chi connectivity index (χ3n) is 3.72. The molecule has 110 valence electrons. The van der Waals surface area contributed by atoms with E-state index in [0.717, 1.165) is 37.2 Å². The maximum atomic E-state index is 12.1. The second-order valence-electron chi connectivity index (χ2n) is 5.38. The monoisotopic (exact) mass is 296 g/mol. The van der Waals surface area contributed by atoms with Gasteiger partial charge in [-0.05, 0) is 25.2 Å². The van der Waals surface area contributed by atoms with Crippen LogP contribution in [0.3, 0.4) is 0 Å². The van der Waals surface area contributed by atoms with Crippen LogP contribution in [-0.2, 0) is 4.79 Å². The van der Waals surface area contributed by atoms with Crippen LogP contribution in [0.1, 0.15) is 44.6 Å². The van der Waals surface area contributed by atoms with Crippen LogP contribution >= 0.6 is 11.6 Å². The summed E-state index contributed by atoms with van der Waals surface area (Å²) in [6, 6.07) is -0.169. The van der Waals surface area contributed by atoms with Gasteiger partial charge in [-0.15, -0.1) is 0 Å². The quantitative estimate of drug-likeness (QED) is 0.870. The van der Waals surface area contributed by atoms with Crippen LogP contribution in [0, 0.1) is 0 Å². The molecule has 0 radical (unpaired) electrons. The third kappa shape index (κ3) is 2.87. The average Bonchev–Trinajstić information content (AvgIpc) is 2.45. The number of nitrogens with zero attached hydrogens (tertiary/aromatic N) is 3. The van der Waals surface area contributed by atoms with Crippen LogP contribution in [-0.4, -0.2) is 35.5 Å². The molecule has 5 nitrogen and oxygen atoms in total. The Morgan fingerprint density at radius 3 is 2.85 bits per heavy atom. The fourth-order valence-electron chi connectivity index (χ4n) is 2.72. The summed E-state index contributed by atoms with van der Waals surface area (Å²) >= 11 is 6.23. The molecule has 6 heteroatoms. The largest absolute Gasteiger partial charge is 0.357 e. The van der Waals surface area contributed by atoms with Gasteiger partial charge in [0.15, 0.2) is 0 Å². The molecule has 0 aromatic carbocycles. The van der Waals surface area contributed by atoms with Gasteiger partial charge in [0.25, 0.3) is 0 Å². The Bertz CT molecular complexity index is 492. The molecule has 1 fully saturated rings. The van der Waals surface area contributed by atoms with Crippen LogP contribution in [0.4, 0.5) is 5.82 Å². The average molecular weight is 297 g/mol. The highest BCUT2D eigenvalue weighted by Gasteiger charge is 2.31. The predicted molar refractivity (Wildman–Crippen MR) is 80.2 cm³/mol. The Hall–Kier alpha value is -1.36. The maximum Gasteiger partial charge on any atom is 0.242 e. The van der Waals surface area contributed by atoms with E-state index in [1.165, 1.54) is 6.33 Å². The Balaban J connectivity index is 2.42. The number of piperidine rings is 1. The molecule has 0 saturated carbocycles. The van der Waals surface area contributed by atoms with Crippen LogP contribution in [0.25, 0.3) is 0 Å². The van der Waals surface area contributed by atoms with Crippen molar-refractivity contribution in [3.8, 4) is 0 Å². The van der Waals surface area contributed by atoms with Crippen molar-refractivity contribution in [3.05, 3.63) is 17.0 Å². The molecular weight excluding hydrogens is 276 g/mol. The van der Waals surface area contributed by atoms with E-state index in [1.54, 1.807) is 7.05 Å². The number of amides is 1. The maximum absolute atomic E-state index is 12.1. The first kappa shape index (κ1) is 15.0. The number of halogens is 1. The molecule has 1 atom stereocenters. The van der Waals surface area contributed by atoms with E-state index >= 15 is 0 Å². The first-order chi connectivity index (χ1) is 9.56. The predicted octanol–water partition coefficient (Wildman–Crippen LogP) is 2.36. The highest BCUT2D eigenvalue weighted by atomic mass is 35.5. The lowest BCUT2D eigenvalue weighted by Crippen LogP contribution is -2.49. The first-order valence-electron chi connectivity index (χ1n) is 7.05. The first-order valence-corrected chi connectivity index (χ1v) is 7.42. The summed E-state index contributed by atoms with van der Waals surface area (Å²) in [5, 5.41) is 3.22. The minimum atomic E-state index is -0.169. The molecule has 20 heavy (non-hydrogen) atoms. The number of anilines is 1. The van der Waals surface area contributed by atoms with Gasteiger partial charge >= 0.3 is 0 Å². The molecule has 0 spiro atoms. The minimum absolute atomic E-state index is 0.0362. The van der Waals surface area contributed by atoms with Crippen LogP contribution < -0.4 is 10.2 Å². The Morgan fingerprint density at radius 2 is 2.20 bits per heavy atom. The SMILES string of the molecule is CNC(=O)C1CCCCN1c1ncnc(Cl)c1C(C)C. The zero-order chi connectivity index (χ0) is 14.7. The number of rotatable bonds is 3. The van der Waals surface area contributed by atoms with Gasteiger partial charge in [-0.1, -0.05) is 25.4 Å². The summed E-state index contributed by atoms with van der Waals surface area (Å²) in [5.74, 6) is 1.05. The van der Waals surface area contributed by atoms with Gasteiger partial charge in [0.05, 0.1) is 0 Å². The summed E-state index contributed by atoms with van der Waals surface area (Å²) in [4.78, 5) is 22.6. The van der Waals surface area contributed by atoms with Crippen LogP contribution in [0.15, 0.2) is 6.33 Å². The topological polar surface area (TPSA) is 58.1 Å². The zero-order valence-corrected chi connectivity index (χ0v) is 12.9. The molecule has 1 unspecified atom stereocenters. The van der Waals surface area contributed by atoms with Gasteiger partial charge in [-0.3, -0.25) is 4.79 Å². The van der Waals surface area contributed by atoms with Crippen LogP contribution in [0.2, 0.25) is 5.15 Å². The summed E-state index contributed by atoms with van der Waals surface area (Å²) in [6.45, 7) is 4.95. The molecule has 0 aliphatic carbocycles. The molecule has 1 aromatic heterocycles. The highest BCUT2D eigenvalue weighted by Crippen LogP contribution is 2.33. The smallest absolute Gasteiger partial charge is 0.242 e. The molecule has 2 rings (SSSR count). The number of carbonyl (C=O) groups is 1. The lowest BCUT2D eigenvalue weighted by atomic mass is 9.98. The molecule has 1 saturated heterocycles. The van der Waals surface area contributed by atoms with E-state index in [4.69, 9.17) is 11.6 Å². The number of hydrogen-bond acceptors (Lipinski definition) is 4. The molecule has 2 heterocycles. The minimum Gasteiger partial charge on any atom is -0.357 e. The van der Waals surface area contributed by atoms with E-state index in [1.807, 2.05) is 0 Å². The Morgan fingerprint density at radius 1 is 1.45 bits per heavy atom. The molecule has 1 aliphatic rings. The number of hydrogen-bond donors (Lipinski definition) is 1. The second kappa shape index (κ2) is 6.39. The van der Waals surface area contributed by atoms with Gasteiger partial charge < -0.3 is 10.2 Å². The van der Waals surface area contributed by atoms with E-state index < -0.39 is 0 Å². The highest BCUT2D eigenvalue weighted by molar-refractivity contribution is 6.30. The van der Waals surface area contributed by atoms with Crippen molar-refractivity contribution >= 4 is 23.3 Å². The van der Waals surface area contributed by atoms with Gasteiger partial charge in [0.2, 0.25) is 5.91 Å². The molecule has 1 amide bonds. The van der Waals surface area contributed by atoms with Gasteiger partial charge in [0, 0.05) is 19.2 Å².